The molecule has 0 aliphatic carbocycles. The first-order chi connectivity index (χ1) is 15.7. The molecule has 33 heavy (non-hydrogen) atoms. The molecule has 1 unspecified atom stereocenters. The number of esters is 1. The Bertz CT molecular complexity index is 1230. The van der Waals surface area contributed by atoms with Gasteiger partial charge in [0.25, 0.3) is 11.5 Å². The standard InChI is InChI=1S/C24H27N3O6/c1-14(2)13-27-23(29)18-9-7-6-8-17(18)21(26-27)24(30)33-15(3)22(28)25-19-12-16(31-4)10-11-20(19)32-5/h6-12,14-15H,13H2,1-5H3,(H,25,28). The van der Waals surface area contributed by atoms with E-state index in [2.05, 4.69) is 10.4 Å². The van der Waals surface area contributed by atoms with Crippen molar-refractivity contribution in [3.63, 3.8) is 0 Å². The van der Waals surface area contributed by atoms with E-state index in [1.807, 2.05) is 13.8 Å². The molecule has 1 atom stereocenters. The number of carbonyl (C=O) groups excluding carboxylic acids is 2. The van der Waals surface area contributed by atoms with Crippen molar-refractivity contribution < 1.29 is 23.8 Å². The first kappa shape index (κ1) is 23.8. The summed E-state index contributed by atoms with van der Waals surface area (Å²) in [6, 6.07) is 11.6. The van der Waals surface area contributed by atoms with Gasteiger partial charge in [-0.3, -0.25) is 9.59 Å². The lowest BCUT2D eigenvalue weighted by molar-refractivity contribution is -0.123. The number of benzene rings is 2. The molecular formula is C24H27N3O6. The number of amides is 1. The molecule has 0 fully saturated rings. The minimum absolute atomic E-state index is 0.0236. The fourth-order valence-corrected chi connectivity index (χ4v) is 3.27. The van der Waals surface area contributed by atoms with Gasteiger partial charge in [0.2, 0.25) is 0 Å². The van der Waals surface area contributed by atoms with Crippen LogP contribution in [0, 0.1) is 5.92 Å². The van der Waals surface area contributed by atoms with Crippen LogP contribution in [0.25, 0.3) is 10.8 Å². The van der Waals surface area contributed by atoms with E-state index in [1.165, 1.54) is 25.8 Å². The minimum atomic E-state index is -1.14. The second-order valence-corrected chi connectivity index (χ2v) is 7.88. The molecule has 0 saturated carbocycles. The summed E-state index contributed by atoms with van der Waals surface area (Å²) in [6.07, 6.45) is -1.14. The highest BCUT2D eigenvalue weighted by Gasteiger charge is 2.24. The van der Waals surface area contributed by atoms with Crippen LogP contribution in [0.15, 0.2) is 47.3 Å². The van der Waals surface area contributed by atoms with Gasteiger partial charge in [0.1, 0.15) is 11.5 Å². The van der Waals surface area contributed by atoms with E-state index < -0.39 is 18.0 Å². The maximum atomic E-state index is 13.0. The molecule has 0 spiro atoms. The van der Waals surface area contributed by atoms with Gasteiger partial charge in [-0.25, -0.2) is 9.48 Å². The molecule has 174 valence electrons. The maximum absolute atomic E-state index is 13.0. The number of nitrogens with zero attached hydrogens (tertiary/aromatic N) is 2. The third-order valence-electron chi connectivity index (χ3n) is 4.92. The van der Waals surface area contributed by atoms with Crippen molar-refractivity contribution >= 4 is 28.3 Å². The highest BCUT2D eigenvalue weighted by molar-refractivity contribution is 6.04. The van der Waals surface area contributed by atoms with Gasteiger partial charge in [0, 0.05) is 18.0 Å². The van der Waals surface area contributed by atoms with Gasteiger partial charge in [-0.2, -0.15) is 5.10 Å². The summed E-state index contributed by atoms with van der Waals surface area (Å²) in [7, 11) is 2.98. The van der Waals surface area contributed by atoms with E-state index in [1.54, 1.807) is 42.5 Å². The number of aromatic nitrogens is 2. The smallest absolute Gasteiger partial charge is 0.360 e. The van der Waals surface area contributed by atoms with E-state index in [9.17, 15) is 14.4 Å². The highest BCUT2D eigenvalue weighted by atomic mass is 16.5. The summed E-state index contributed by atoms with van der Waals surface area (Å²) in [4.78, 5) is 38.4. The maximum Gasteiger partial charge on any atom is 0.360 e. The Hall–Kier alpha value is -3.88. The first-order valence-electron chi connectivity index (χ1n) is 10.5. The lowest BCUT2D eigenvalue weighted by Crippen LogP contribution is -2.32. The van der Waals surface area contributed by atoms with Crippen molar-refractivity contribution in [2.75, 3.05) is 19.5 Å². The Morgan fingerprint density at radius 1 is 1.03 bits per heavy atom. The number of hydrogen-bond donors (Lipinski definition) is 1. The summed E-state index contributed by atoms with van der Waals surface area (Å²) in [5.41, 5.74) is 0.0648. The number of rotatable bonds is 8. The normalized spacial score (nSPS) is 11.8. The molecule has 3 rings (SSSR count). The van der Waals surface area contributed by atoms with Crippen LogP contribution in [0.5, 0.6) is 11.5 Å². The van der Waals surface area contributed by atoms with Crippen LogP contribution in [-0.4, -0.2) is 42.0 Å². The molecule has 0 aliphatic heterocycles. The molecule has 9 heteroatoms. The van der Waals surface area contributed by atoms with Gasteiger partial charge >= 0.3 is 5.97 Å². The number of nitrogens with one attached hydrogen (secondary N) is 1. The number of carbonyl (C=O) groups is 2. The monoisotopic (exact) mass is 453 g/mol. The SMILES string of the molecule is COc1ccc(OC)c(NC(=O)C(C)OC(=O)c2nn(CC(C)C)c(=O)c3ccccc23)c1. The Morgan fingerprint density at radius 2 is 1.73 bits per heavy atom. The number of ether oxygens (including phenoxy) is 3. The largest absolute Gasteiger partial charge is 0.497 e. The van der Waals surface area contributed by atoms with Crippen molar-refractivity contribution in [2.45, 2.75) is 33.4 Å². The average molecular weight is 453 g/mol. The van der Waals surface area contributed by atoms with E-state index in [4.69, 9.17) is 14.2 Å². The summed E-state index contributed by atoms with van der Waals surface area (Å²) in [6.45, 7) is 5.68. The molecule has 2 aromatic carbocycles. The molecule has 9 nitrogen and oxygen atoms in total. The van der Waals surface area contributed by atoms with Gasteiger partial charge < -0.3 is 19.5 Å². The van der Waals surface area contributed by atoms with Crippen LogP contribution in [0.2, 0.25) is 0 Å². The second kappa shape index (κ2) is 10.2. The Balaban J connectivity index is 1.86. The van der Waals surface area contributed by atoms with Crippen LogP contribution in [-0.2, 0) is 16.1 Å². The zero-order valence-corrected chi connectivity index (χ0v) is 19.2. The van der Waals surface area contributed by atoms with Crippen LogP contribution in [0.4, 0.5) is 5.69 Å². The molecule has 0 saturated heterocycles. The van der Waals surface area contributed by atoms with Crippen molar-refractivity contribution in [3.05, 3.63) is 58.5 Å². The van der Waals surface area contributed by atoms with Crippen LogP contribution < -0.4 is 20.3 Å². The molecule has 1 amide bonds. The summed E-state index contributed by atoms with van der Waals surface area (Å²) < 4.78 is 17.1. The summed E-state index contributed by atoms with van der Waals surface area (Å²) in [5, 5.41) is 7.66. The van der Waals surface area contributed by atoms with E-state index >= 15 is 0 Å². The Labute approximate surface area is 191 Å². The van der Waals surface area contributed by atoms with Crippen molar-refractivity contribution in [1.29, 1.82) is 0 Å². The molecule has 3 aromatic rings. The topological polar surface area (TPSA) is 109 Å². The lowest BCUT2D eigenvalue weighted by Gasteiger charge is -2.17. The Morgan fingerprint density at radius 3 is 2.36 bits per heavy atom. The zero-order valence-electron chi connectivity index (χ0n) is 19.2. The van der Waals surface area contributed by atoms with Gasteiger partial charge in [0.05, 0.1) is 25.3 Å². The second-order valence-electron chi connectivity index (χ2n) is 7.88. The number of hydrogen-bond acceptors (Lipinski definition) is 7. The highest BCUT2D eigenvalue weighted by Crippen LogP contribution is 2.29. The molecule has 0 aliphatic rings. The van der Waals surface area contributed by atoms with Crippen LogP contribution in [0.3, 0.4) is 0 Å². The summed E-state index contributed by atoms with van der Waals surface area (Å²) >= 11 is 0. The lowest BCUT2D eigenvalue weighted by atomic mass is 10.1. The molecule has 1 heterocycles. The van der Waals surface area contributed by atoms with E-state index in [-0.39, 0.29) is 17.2 Å². The van der Waals surface area contributed by atoms with Gasteiger partial charge in [-0.05, 0) is 31.0 Å². The molecule has 0 bridgehead atoms. The number of methoxy groups -OCH3 is 2. The zero-order chi connectivity index (χ0) is 24.1. The molecular weight excluding hydrogens is 426 g/mol. The van der Waals surface area contributed by atoms with E-state index in [0.29, 0.717) is 34.5 Å². The van der Waals surface area contributed by atoms with Crippen LogP contribution >= 0.6 is 0 Å². The number of anilines is 1. The predicted molar refractivity (Wildman–Crippen MR) is 124 cm³/mol. The Kier molecular flexibility index (Phi) is 7.32. The van der Waals surface area contributed by atoms with E-state index in [0.717, 1.165) is 0 Å². The fourth-order valence-electron chi connectivity index (χ4n) is 3.27. The first-order valence-corrected chi connectivity index (χ1v) is 10.5. The van der Waals surface area contributed by atoms with Crippen molar-refractivity contribution in [1.82, 2.24) is 9.78 Å². The average Bonchev–Trinajstić information content (AvgIpc) is 2.80. The molecule has 1 aromatic heterocycles. The van der Waals surface area contributed by atoms with Crippen LogP contribution in [0.1, 0.15) is 31.3 Å². The molecule has 1 N–H and O–H groups in total. The van der Waals surface area contributed by atoms with Gasteiger partial charge in [0.15, 0.2) is 11.8 Å². The quantitative estimate of drug-likeness (QED) is 0.522. The summed E-state index contributed by atoms with van der Waals surface area (Å²) in [5.74, 6) is -0.267. The van der Waals surface area contributed by atoms with Crippen molar-refractivity contribution in [3.8, 4) is 11.5 Å². The van der Waals surface area contributed by atoms with Crippen molar-refractivity contribution in [2.24, 2.45) is 5.92 Å². The minimum Gasteiger partial charge on any atom is -0.497 e. The van der Waals surface area contributed by atoms with Gasteiger partial charge in [-0.1, -0.05) is 32.0 Å². The third kappa shape index (κ3) is 5.31. The third-order valence-corrected chi connectivity index (χ3v) is 4.92. The number of fused-ring (bicyclic) bond motifs is 1. The molecule has 0 radical (unpaired) electrons. The fraction of sp³-hybridized carbons (Fsp3) is 0.333. The van der Waals surface area contributed by atoms with Gasteiger partial charge in [-0.15, -0.1) is 0 Å². The predicted octanol–water partition coefficient (Wildman–Crippen LogP) is 3.25.